The molecule has 0 unspecified atom stereocenters. The first-order chi connectivity index (χ1) is 10.1. The standard InChI is InChI=1S/C15H21N5O/c1-10(2)20-14-12(9-18-20)6-13(8-17-14)15(21)19-5-4-16-7-11(19)3/h6,8-11,16H,4-5,7H2,1-3H3/t11-/m0/s1. The summed E-state index contributed by atoms with van der Waals surface area (Å²) in [5.41, 5.74) is 1.47. The first-order valence-electron chi connectivity index (χ1n) is 7.43. The van der Waals surface area contributed by atoms with Crippen molar-refractivity contribution in [2.75, 3.05) is 19.6 Å². The first-order valence-corrected chi connectivity index (χ1v) is 7.43. The Hall–Kier alpha value is -1.95. The number of rotatable bonds is 2. The van der Waals surface area contributed by atoms with Gasteiger partial charge in [0.15, 0.2) is 5.65 Å². The van der Waals surface area contributed by atoms with Crippen molar-refractivity contribution in [2.24, 2.45) is 0 Å². The van der Waals surface area contributed by atoms with Crippen molar-refractivity contribution < 1.29 is 4.79 Å². The summed E-state index contributed by atoms with van der Waals surface area (Å²) in [5, 5.41) is 8.55. The summed E-state index contributed by atoms with van der Waals surface area (Å²) in [6, 6.07) is 2.36. The SMILES string of the molecule is CC(C)n1ncc2cc(C(=O)N3CCNC[C@@H]3C)cnc21. The third kappa shape index (κ3) is 2.51. The molecule has 1 N–H and O–H groups in total. The van der Waals surface area contributed by atoms with E-state index in [0.717, 1.165) is 30.7 Å². The van der Waals surface area contributed by atoms with Crippen molar-refractivity contribution in [1.29, 1.82) is 0 Å². The zero-order chi connectivity index (χ0) is 15.0. The van der Waals surface area contributed by atoms with Crippen LogP contribution in [-0.2, 0) is 0 Å². The quantitative estimate of drug-likeness (QED) is 0.908. The van der Waals surface area contributed by atoms with Gasteiger partial charge in [-0.15, -0.1) is 0 Å². The number of pyridine rings is 1. The molecule has 0 aliphatic carbocycles. The summed E-state index contributed by atoms with van der Waals surface area (Å²) in [7, 11) is 0. The second-order valence-corrected chi connectivity index (χ2v) is 5.87. The minimum absolute atomic E-state index is 0.0516. The van der Waals surface area contributed by atoms with E-state index in [-0.39, 0.29) is 18.0 Å². The van der Waals surface area contributed by atoms with Crippen LogP contribution in [0.4, 0.5) is 0 Å². The van der Waals surface area contributed by atoms with Crippen LogP contribution in [0, 0.1) is 0 Å². The molecule has 0 radical (unpaired) electrons. The maximum Gasteiger partial charge on any atom is 0.255 e. The van der Waals surface area contributed by atoms with Gasteiger partial charge < -0.3 is 10.2 Å². The van der Waals surface area contributed by atoms with E-state index in [0.29, 0.717) is 5.56 Å². The second-order valence-electron chi connectivity index (χ2n) is 5.87. The number of carbonyl (C=O) groups is 1. The molecule has 2 aromatic heterocycles. The average Bonchev–Trinajstić information content (AvgIpc) is 2.90. The van der Waals surface area contributed by atoms with Gasteiger partial charge in [0.2, 0.25) is 0 Å². The number of carbonyl (C=O) groups excluding carboxylic acids is 1. The maximum absolute atomic E-state index is 12.6. The third-order valence-electron chi connectivity index (χ3n) is 3.93. The summed E-state index contributed by atoms with van der Waals surface area (Å²) >= 11 is 0. The van der Waals surface area contributed by atoms with E-state index in [4.69, 9.17) is 0 Å². The minimum Gasteiger partial charge on any atom is -0.333 e. The average molecular weight is 287 g/mol. The number of fused-ring (bicyclic) bond motifs is 1. The van der Waals surface area contributed by atoms with Crippen LogP contribution in [0.1, 0.15) is 37.2 Å². The molecule has 1 amide bonds. The number of aromatic nitrogens is 3. The lowest BCUT2D eigenvalue weighted by Crippen LogP contribution is -2.52. The molecule has 3 rings (SSSR count). The Balaban J connectivity index is 1.92. The number of nitrogens with zero attached hydrogens (tertiary/aromatic N) is 4. The van der Waals surface area contributed by atoms with Gasteiger partial charge in [0.05, 0.1) is 11.8 Å². The maximum atomic E-state index is 12.6. The van der Waals surface area contributed by atoms with E-state index in [2.05, 4.69) is 36.2 Å². The predicted octanol–water partition coefficient (Wildman–Crippen LogP) is 1.45. The van der Waals surface area contributed by atoms with E-state index < -0.39 is 0 Å². The van der Waals surface area contributed by atoms with Crippen LogP contribution in [0.5, 0.6) is 0 Å². The Bertz CT molecular complexity index is 663. The van der Waals surface area contributed by atoms with Crippen LogP contribution in [0.25, 0.3) is 11.0 Å². The second kappa shape index (κ2) is 5.44. The van der Waals surface area contributed by atoms with Crippen molar-refractivity contribution in [3.05, 3.63) is 24.0 Å². The molecular weight excluding hydrogens is 266 g/mol. The molecule has 1 atom stereocenters. The van der Waals surface area contributed by atoms with Gasteiger partial charge in [-0.05, 0) is 26.8 Å². The largest absolute Gasteiger partial charge is 0.333 e. The molecule has 0 bridgehead atoms. The highest BCUT2D eigenvalue weighted by molar-refractivity contribution is 5.97. The van der Waals surface area contributed by atoms with Gasteiger partial charge in [-0.1, -0.05) is 0 Å². The van der Waals surface area contributed by atoms with E-state index in [9.17, 15) is 4.79 Å². The van der Waals surface area contributed by atoms with Crippen LogP contribution in [0.2, 0.25) is 0 Å². The van der Waals surface area contributed by atoms with Crippen molar-refractivity contribution >= 4 is 16.9 Å². The molecule has 6 heteroatoms. The fourth-order valence-electron chi connectivity index (χ4n) is 2.74. The zero-order valence-corrected chi connectivity index (χ0v) is 12.7. The Morgan fingerprint density at radius 1 is 1.43 bits per heavy atom. The van der Waals surface area contributed by atoms with Gasteiger partial charge in [0, 0.05) is 43.3 Å². The lowest BCUT2D eigenvalue weighted by atomic mass is 10.1. The van der Waals surface area contributed by atoms with Gasteiger partial charge >= 0.3 is 0 Å². The van der Waals surface area contributed by atoms with Crippen LogP contribution in [0.3, 0.4) is 0 Å². The lowest BCUT2D eigenvalue weighted by molar-refractivity contribution is 0.0655. The molecule has 3 heterocycles. The Morgan fingerprint density at radius 2 is 2.24 bits per heavy atom. The highest BCUT2D eigenvalue weighted by Gasteiger charge is 2.24. The lowest BCUT2D eigenvalue weighted by Gasteiger charge is -2.33. The van der Waals surface area contributed by atoms with Crippen molar-refractivity contribution in [1.82, 2.24) is 25.0 Å². The molecule has 0 spiro atoms. The van der Waals surface area contributed by atoms with Crippen LogP contribution >= 0.6 is 0 Å². The predicted molar refractivity (Wildman–Crippen MR) is 81.3 cm³/mol. The number of hydrogen-bond donors (Lipinski definition) is 1. The minimum atomic E-state index is 0.0516. The topological polar surface area (TPSA) is 63.1 Å². The van der Waals surface area contributed by atoms with Crippen LogP contribution < -0.4 is 5.32 Å². The molecule has 21 heavy (non-hydrogen) atoms. The molecule has 1 saturated heterocycles. The Labute approximate surface area is 124 Å². The highest BCUT2D eigenvalue weighted by Crippen LogP contribution is 2.18. The van der Waals surface area contributed by atoms with Gasteiger partial charge in [0.25, 0.3) is 5.91 Å². The van der Waals surface area contributed by atoms with Gasteiger partial charge in [0.1, 0.15) is 0 Å². The van der Waals surface area contributed by atoms with Crippen molar-refractivity contribution in [3.8, 4) is 0 Å². The summed E-state index contributed by atoms with van der Waals surface area (Å²) in [4.78, 5) is 19.0. The van der Waals surface area contributed by atoms with Gasteiger partial charge in [-0.25, -0.2) is 9.67 Å². The molecular formula is C15H21N5O. The number of nitrogens with one attached hydrogen (secondary N) is 1. The van der Waals surface area contributed by atoms with E-state index >= 15 is 0 Å². The van der Waals surface area contributed by atoms with E-state index in [1.165, 1.54) is 0 Å². The summed E-state index contributed by atoms with van der Waals surface area (Å²) in [6.45, 7) is 8.62. The number of piperazine rings is 1. The van der Waals surface area contributed by atoms with Gasteiger partial charge in [-0.3, -0.25) is 4.79 Å². The summed E-state index contributed by atoms with van der Waals surface area (Å²) < 4.78 is 1.87. The fraction of sp³-hybridized carbons (Fsp3) is 0.533. The van der Waals surface area contributed by atoms with Crippen molar-refractivity contribution in [3.63, 3.8) is 0 Å². The Kier molecular flexibility index (Phi) is 3.63. The summed E-state index contributed by atoms with van der Waals surface area (Å²) in [5.74, 6) is 0.0516. The molecule has 2 aromatic rings. The molecule has 1 aliphatic heterocycles. The van der Waals surface area contributed by atoms with Crippen molar-refractivity contribution in [2.45, 2.75) is 32.9 Å². The van der Waals surface area contributed by atoms with Crippen LogP contribution in [-0.4, -0.2) is 51.2 Å². The fourth-order valence-corrected chi connectivity index (χ4v) is 2.74. The van der Waals surface area contributed by atoms with Gasteiger partial charge in [-0.2, -0.15) is 5.10 Å². The van der Waals surface area contributed by atoms with Crippen LogP contribution in [0.15, 0.2) is 18.5 Å². The molecule has 112 valence electrons. The molecule has 0 aromatic carbocycles. The zero-order valence-electron chi connectivity index (χ0n) is 12.7. The summed E-state index contributed by atoms with van der Waals surface area (Å²) in [6.07, 6.45) is 3.44. The number of hydrogen-bond acceptors (Lipinski definition) is 4. The van der Waals surface area contributed by atoms with E-state index in [1.54, 1.807) is 12.4 Å². The molecule has 6 nitrogen and oxygen atoms in total. The normalized spacial score (nSPS) is 19.4. The highest BCUT2D eigenvalue weighted by atomic mass is 16.2. The Morgan fingerprint density at radius 3 is 2.95 bits per heavy atom. The molecule has 1 aliphatic rings. The third-order valence-corrected chi connectivity index (χ3v) is 3.93. The smallest absolute Gasteiger partial charge is 0.255 e. The molecule has 1 fully saturated rings. The van der Waals surface area contributed by atoms with E-state index in [1.807, 2.05) is 15.6 Å². The number of amides is 1. The first kappa shape index (κ1) is 14.0. The monoisotopic (exact) mass is 287 g/mol. The molecule has 0 saturated carbocycles.